The maximum Gasteiger partial charge on any atom is 0.227 e. The number of methoxy groups -OCH3 is 1. The highest BCUT2D eigenvalue weighted by molar-refractivity contribution is 5.76. The van der Waals surface area contributed by atoms with Crippen LogP contribution in [0.2, 0.25) is 0 Å². The largest absolute Gasteiger partial charge is 0.497 e. The highest BCUT2D eigenvalue weighted by Gasteiger charge is 2.21. The van der Waals surface area contributed by atoms with Crippen LogP contribution in [0.5, 0.6) is 5.75 Å². The van der Waals surface area contributed by atoms with Crippen LogP contribution in [0.1, 0.15) is 39.0 Å². The molecule has 0 bridgehead atoms. The average molecular weight is 401 g/mol. The molecule has 1 amide bonds. The van der Waals surface area contributed by atoms with Crippen molar-refractivity contribution in [3.63, 3.8) is 0 Å². The summed E-state index contributed by atoms with van der Waals surface area (Å²) in [6.07, 6.45) is 3.09. The summed E-state index contributed by atoms with van der Waals surface area (Å²) in [6.45, 7) is 8.74. The molecule has 1 aliphatic heterocycles. The zero-order valence-corrected chi connectivity index (χ0v) is 17.7. The van der Waals surface area contributed by atoms with Gasteiger partial charge in [0.2, 0.25) is 17.6 Å². The number of aryl methyl sites for hydroxylation is 1. The van der Waals surface area contributed by atoms with E-state index in [1.165, 1.54) is 19.5 Å². The summed E-state index contributed by atoms with van der Waals surface area (Å²) in [5, 5.41) is 6.99. The number of piperidine rings is 1. The number of nitrogens with zero attached hydrogens (tertiary/aromatic N) is 3. The molecule has 7 heteroatoms. The van der Waals surface area contributed by atoms with Gasteiger partial charge in [-0.2, -0.15) is 4.98 Å². The molecule has 1 fully saturated rings. The Morgan fingerprint density at radius 2 is 1.97 bits per heavy atom. The first kappa shape index (κ1) is 21.3. The van der Waals surface area contributed by atoms with Gasteiger partial charge in [0.1, 0.15) is 5.75 Å². The molecule has 2 aromatic rings. The Bertz CT molecular complexity index is 765. The van der Waals surface area contributed by atoms with Crippen molar-refractivity contribution >= 4 is 5.91 Å². The molecule has 7 nitrogen and oxygen atoms in total. The van der Waals surface area contributed by atoms with Crippen LogP contribution >= 0.6 is 0 Å². The topological polar surface area (TPSA) is 80.5 Å². The molecule has 0 unspecified atom stereocenters. The van der Waals surface area contributed by atoms with Crippen LogP contribution in [0.15, 0.2) is 28.8 Å². The van der Waals surface area contributed by atoms with Gasteiger partial charge in [-0.1, -0.05) is 19.0 Å². The van der Waals surface area contributed by atoms with Crippen LogP contribution in [0.25, 0.3) is 11.4 Å². The second kappa shape index (κ2) is 10.4. The van der Waals surface area contributed by atoms with Crippen molar-refractivity contribution in [3.05, 3.63) is 30.2 Å². The molecular weight excluding hydrogens is 368 g/mol. The number of amides is 1. The number of hydrogen-bond donors (Lipinski definition) is 1. The smallest absolute Gasteiger partial charge is 0.227 e. The molecular formula is C22H32N4O3. The molecule has 3 rings (SSSR count). The lowest BCUT2D eigenvalue weighted by molar-refractivity contribution is -0.121. The zero-order chi connectivity index (χ0) is 20.6. The lowest BCUT2D eigenvalue weighted by atomic mass is 9.92. The van der Waals surface area contributed by atoms with Crippen LogP contribution < -0.4 is 10.1 Å². The predicted octanol–water partition coefficient (Wildman–Crippen LogP) is 3.16. The Morgan fingerprint density at radius 3 is 2.66 bits per heavy atom. The molecule has 0 saturated carbocycles. The minimum absolute atomic E-state index is 0.0228. The summed E-state index contributed by atoms with van der Waals surface area (Å²) in [5.41, 5.74) is 0.853. The second-order valence-corrected chi connectivity index (χ2v) is 8.15. The van der Waals surface area contributed by atoms with E-state index in [1.54, 1.807) is 7.11 Å². The Hall–Kier alpha value is -2.41. The van der Waals surface area contributed by atoms with Crippen molar-refractivity contribution in [1.29, 1.82) is 0 Å². The summed E-state index contributed by atoms with van der Waals surface area (Å²) < 4.78 is 10.4. The fourth-order valence-corrected chi connectivity index (χ4v) is 4.03. The number of hydrogen-bond acceptors (Lipinski definition) is 6. The van der Waals surface area contributed by atoms with E-state index in [4.69, 9.17) is 9.26 Å². The van der Waals surface area contributed by atoms with Crippen molar-refractivity contribution < 1.29 is 14.1 Å². The summed E-state index contributed by atoms with van der Waals surface area (Å²) in [6, 6.07) is 7.46. The van der Waals surface area contributed by atoms with Crippen LogP contribution in [0, 0.1) is 11.8 Å². The number of nitrogens with one attached hydrogen (secondary N) is 1. The molecule has 2 heterocycles. The van der Waals surface area contributed by atoms with Crippen molar-refractivity contribution in [2.45, 2.75) is 39.5 Å². The van der Waals surface area contributed by atoms with Crippen molar-refractivity contribution in [2.75, 3.05) is 33.3 Å². The van der Waals surface area contributed by atoms with Crippen LogP contribution in [0.3, 0.4) is 0 Å². The summed E-state index contributed by atoms with van der Waals surface area (Å²) in [5.74, 6) is 3.33. The average Bonchev–Trinajstić information content (AvgIpc) is 3.18. The van der Waals surface area contributed by atoms with Gasteiger partial charge in [-0.25, -0.2) is 0 Å². The van der Waals surface area contributed by atoms with Crippen molar-refractivity contribution in [2.24, 2.45) is 11.8 Å². The molecule has 1 saturated heterocycles. The fraction of sp³-hybridized carbons (Fsp3) is 0.591. The fourth-order valence-electron chi connectivity index (χ4n) is 4.03. The SMILES string of the molecule is COc1ccc(-c2noc(CCC(=O)NCCCN3C[C@H](C)C[C@H](C)C3)n2)cc1. The molecule has 2 atom stereocenters. The van der Waals surface area contributed by atoms with Crippen molar-refractivity contribution in [3.8, 4) is 17.1 Å². The predicted molar refractivity (Wildman–Crippen MR) is 112 cm³/mol. The van der Waals surface area contributed by atoms with Gasteiger partial charge in [0.05, 0.1) is 7.11 Å². The first-order valence-corrected chi connectivity index (χ1v) is 10.5. The molecule has 1 N–H and O–H groups in total. The van der Waals surface area contributed by atoms with E-state index in [2.05, 4.69) is 34.2 Å². The summed E-state index contributed by atoms with van der Waals surface area (Å²) in [7, 11) is 1.63. The van der Waals surface area contributed by atoms with Gasteiger partial charge >= 0.3 is 0 Å². The maximum absolute atomic E-state index is 12.1. The molecule has 0 aliphatic carbocycles. The number of benzene rings is 1. The van der Waals surface area contributed by atoms with Gasteiger partial charge in [0.25, 0.3) is 0 Å². The second-order valence-electron chi connectivity index (χ2n) is 8.15. The number of carbonyl (C=O) groups excluding carboxylic acids is 1. The first-order valence-electron chi connectivity index (χ1n) is 10.5. The first-order chi connectivity index (χ1) is 14.0. The molecule has 29 heavy (non-hydrogen) atoms. The van der Waals surface area contributed by atoms with Gasteiger partial charge in [-0.15, -0.1) is 0 Å². The van der Waals surface area contributed by atoms with E-state index in [-0.39, 0.29) is 5.91 Å². The highest BCUT2D eigenvalue weighted by Crippen LogP contribution is 2.21. The minimum atomic E-state index is 0.0228. The molecule has 1 aliphatic rings. The van der Waals surface area contributed by atoms with Crippen molar-refractivity contribution in [1.82, 2.24) is 20.4 Å². The van der Waals surface area contributed by atoms with Gasteiger partial charge < -0.3 is 19.5 Å². The van der Waals surface area contributed by atoms with E-state index in [9.17, 15) is 4.79 Å². The van der Waals surface area contributed by atoms with Gasteiger partial charge in [0, 0.05) is 38.0 Å². The third-order valence-corrected chi connectivity index (χ3v) is 5.30. The lowest BCUT2D eigenvalue weighted by Crippen LogP contribution is -2.40. The van der Waals surface area contributed by atoms with E-state index < -0.39 is 0 Å². The highest BCUT2D eigenvalue weighted by atomic mass is 16.5. The summed E-state index contributed by atoms with van der Waals surface area (Å²) in [4.78, 5) is 19.0. The monoisotopic (exact) mass is 400 g/mol. The number of rotatable bonds is 9. The Labute approximate surface area is 172 Å². The van der Waals surface area contributed by atoms with E-state index >= 15 is 0 Å². The molecule has 158 valence electrons. The van der Waals surface area contributed by atoms with Crippen LogP contribution in [-0.2, 0) is 11.2 Å². The van der Waals surface area contributed by atoms with E-state index in [0.717, 1.165) is 36.1 Å². The molecule has 1 aromatic heterocycles. The number of aromatic nitrogens is 2. The van der Waals surface area contributed by atoms with Gasteiger partial charge in [-0.3, -0.25) is 4.79 Å². The maximum atomic E-state index is 12.1. The number of carbonyl (C=O) groups is 1. The van der Waals surface area contributed by atoms with E-state index in [1.807, 2.05) is 24.3 Å². The number of likely N-dealkylation sites (tertiary alicyclic amines) is 1. The van der Waals surface area contributed by atoms with Gasteiger partial charge in [-0.05, 0) is 55.5 Å². The zero-order valence-electron chi connectivity index (χ0n) is 17.7. The standard InChI is InChI=1S/C22H32N4O3/c1-16-13-17(2)15-26(14-16)12-4-11-23-20(27)9-10-21-24-22(25-29-21)18-5-7-19(28-3)8-6-18/h5-8,16-17H,4,9-15H2,1-3H3,(H,23,27)/t16-,17+. The van der Waals surface area contributed by atoms with Crippen LogP contribution in [-0.4, -0.2) is 54.2 Å². The number of ether oxygens (including phenoxy) is 1. The Balaban J connectivity index is 1.35. The quantitative estimate of drug-likeness (QED) is 0.651. The normalized spacial score (nSPS) is 19.8. The Morgan fingerprint density at radius 1 is 1.24 bits per heavy atom. The molecule has 0 radical (unpaired) electrons. The van der Waals surface area contributed by atoms with Crippen LogP contribution in [0.4, 0.5) is 0 Å². The Kier molecular flexibility index (Phi) is 7.63. The van der Waals surface area contributed by atoms with E-state index in [0.29, 0.717) is 31.1 Å². The summed E-state index contributed by atoms with van der Waals surface area (Å²) >= 11 is 0. The lowest BCUT2D eigenvalue weighted by Gasteiger charge is -2.34. The third kappa shape index (κ3) is 6.56. The minimum Gasteiger partial charge on any atom is -0.497 e. The molecule has 1 aromatic carbocycles. The molecule has 0 spiro atoms. The third-order valence-electron chi connectivity index (χ3n) is 5.30. The van der Waals surface area contributed by atoms with Gasteiger partial charge in [0.15, 0.2) is 0 Å².